The summed E-state index contributed by atoms with van der Waals surface area (Å²) in [5.41, 5.74) is 0.544. The number of rotatable bonds is 6. The first-order chi connectivity index (χ1) is 10.0. The van der Waals surface area contributed by atoms with Gasteiger partial charge in [0.25, 0.3) is 5.91 Å². The topological polar surface area (TPSA) is 82.2 Å². The first-order valence-electron chi connectivity index (χ1n) is 6.77. The van der Waals surface area contributed by atoms with Gasteiger partial charge in [0.05, 0.1) is 18.2 Å². The number of hydrogen-bond donors (Lipinski definition) is 1. The van der Waals surface area contributed by atoms with Gasteiger partial charge in [0.15, 0.2) is 5.82 Å². The predicted molar refractivity (Wildman–Crippen MR) is 76.0 cm³/mol. The Morgan fingerprint density at radius 2 is 2.29 bits per heavy atom. The maximum Gasteiger partial charge on any atom is 0.255 e. The normalized spacial score (nSPS) is 12.4. The van der Waals surface area contributed by atoms with Gasteiger partial charge in [-0.3, -0.25) is 4.79 Å². The molecule has 1 amide bonds. The van der Waals surface area contributed by atoms with Crippen LogP contribution in [0.4, 0.5) is 0 Å². The molecule has 0 spiro atoms. The van der Waals surface area contributed by atoms with Crippen LogP contribution in [-0.4, -0.2) is 34.4 Å². The molecule has 0 unspecified atom stereocenters. The second-order valence-electron chi connectivity index (χ2n) is 4.90. The van der Waals surface area contributed by atoms with Crippen molar-refractivity contribution in [3.63, 3.8) is 0 Å². The third-order valence-corrected chi connectivity index (χ3v) is 3.20. The minimum absolute atomic E-state index is 0.182. The van der Waals surface area contributed by atoms with Gasteiger partial charge in [-0.1, -0.05) is 0 Å². The van der Waals surface area contributed by atoms with E-state index in [4.69, 9.17) is 9.15 Å². The molecule has 114 valence electrons. The maximum atomic E-state index is 12.3. The van der Waals surface area contributed by atoms with Crippen molar-refractivity contribution in [1.82, 2.24) is 20.1 Å². The molecule has 2 rings (SSSR count). The van der Waals surface area contributed by atoms with E-state index in [2.05, 4.69) is 15.5 Å². The number of nitrogens with zero attached hydrogens (tertiary/aromatic N) is 3. The lowest BCUT2D eigenvalue weighted by Crippen LogP contribution is -2.29. The fraction of sp³-hybridized carbons (Fsp3) is 0.500. The number of ether oxygens (including phenoxy) is 1. The summed E-state index contributed by atoms with van der Waals surface area (Å²) in [6, 6.07) is 1.47. The molecule has 0 bridgehead atoms. The Morgan fingerprint density at radius 3 is 2.90 bits per heavy atom. The molecule has 0 aliphatic rings. The van der Waals surface area contributed by atoms with Crippen molar-refractivity contribution in [1.29, 1.82) is 0 Å². The van der Waals surface area contributed by atoms with Gasteiger partial charge in [-0.25, -0.2) is 0 Å². The van der Waals surface area contributed by atoms with Crippen molar-refractivity contribution >= 4 is 5.91 Å². The lowest BCUT2D eigenvalue weighted by Gasteiger charge is -2.14. The molecule has 21 heavy (non-hydrogen) atoms. The van der Waals surface area contributed by atoms with E-state index in [1.165, 1.54) is 0 Å². The Hall–Kier alpha value is -2.15. The number of methoxy groups -OCH3 is 1. The van der Waals surface area contributed by atoms with Crippen LogP contribution >= 0.6 is 0 Å². The SMILES string of the molecule is COCCn1cnnc1[C@H](C)NC(=O)c1cc(C)oc1C. The molecule has 0 aliphatic heterocycles. The Bertz CT molecular complexity index is 618. The Morgan fingerprint density at radius 1 is 1.52 bits per heavy atom. The Labute approximate surface area is 123 Å². The van der Waals surface area contributed by atoms with E-state index in [0.29, 0.717) is 36.1 Å². The van der Waals surface area contributed by atoms with Crippen LogP contribution in [0.3, 0.4) is 0 Å². The number of aromatic nitrogens is 3. The summed E-state index contributed by atoms with van der Waals surface area (Å²) in [5.74, 6) is 1.84. The van der Waals surface area contributed by atoms with Gasteiger partial charge < -0.3 is 19.0 Å². The zero-order chi connectivity index (χ0) is 15.4. The van der Waals surface area contributed by atoms with E-state index in [0.717, 1.165) is 0 Å². The van der Waals surface area contributed by atoms with Crippen LogP contribution in [0.1, 0.15) is 40.7 Å². The van der Waals surface area contributed by atoms with E-state index in [1.807, 2.05) is 18.4 Å². The van der Waals surface area contributed by atoms with Crippen LogP contribution in [0.5, 0.6) is 0 Å². The smallest absolute Gasteiger partial charge is 0.255 e. The number of carbonyl (C=O) groups excluding carboxylic acids is 1. The van der Waals surface area contributed by atoms with Crippen molar-refractivity contribution in [3.05, 3.63) is 35.3 Å². The van der Waals surface area contributed by atoms with Gasteiger partial charge in [0, 0.05) is 13.7 Å². The Kier molecular flexibility index (Phi) is 4.74. The number of hydrogen-bond acceptors (Lipinski definition) is 5. The summed E-state index contributed by atoms with van der Waals surface area (Å²) in [7, 11) is 1.64. The third kappa shape index (κ3) is 3.49. The van der Waals surface area contributed by atoms with Gasteiger partial charge in [-0.2, -0.15) is 0 Å². The van der Waals surface area contributed by atoms with E-state index >= 15 is 0 Å². The summed E-state index contributed by atoms with van der Waals surface area (Å²) in [5, 5.41) is 10.9. The van der Waals surface area contributed by atoms with E-state index in [9.17, 15) is 4.79 Å². The fourth-order valence-electron chi connectivity index (χ4n) is 2.16. The summed E-state index contributed by atoms with van der Waals surface area (Å²) in [6.07, 6.45) is 1.63. The fourth-order valence-corrected chi connectivity index (χ4v) is 2.16. The summed E-state index contributed by atoms with van der Waals surface area (Å²) < 4.78 is 12.3. The molecule has 1 atom stereocenters. The summed E-state index contributed by atoms with van der Waals surface area (Å²) >= 11 is 0. The van der Waals surface area contributed by atoms with Crippen molar-refractivity contribution in [2.75, 3.05) is 13.7 Å². The van der Waals surface area contributed by atoms with E-state index in [1.54, 1.807) is 26.4 Å². The average molecular weight is 292 g/mol. The summed E-state index contributed by atoms with van der Waals surface area (Å²) in [6.45, 7) is 6.66. The highest BCUT2D eigenvalue weighted by Gasteiger charge is 2.19. The third-order valence-electron chi connectivity index (χ3n) is 3.20. The second kappa shape index (κ2) is 6.53. The molecule has 0 saturated carbocycles. The second-order valence-corrected chi connectivity index (χ2v) is 4.90. The maximum absolute atomic E-state index is 12.3. The van der Waals surface area contributed by atoms with E-state index < -0.39 is 0 Å². The zero-order valence-corrected chi connectivity index (χ0v) is 12.7. The largest absolute Gasteiger partial charge is 0.466 e. The molecule has 7 nitrogen and oxygen atoms in total. The number of furan rings is 1. The molecule has 2 heterocycles. The molecule has 2 aromatic heterocycles. The van der Waals surface area contributed by atoms with Crippen LogP contribution in [0.2, 0.25) is 0 Å². The van der Waals surface area contributed by atoms with Crippen LogP contribution in [-0.2, 0) is 11.3 Å². The molecule has 0 fully saturated rings. The molecular weight excluding hydrogens is 272 g/mol. The highest BCUT2D eigenvalue weighted by molar-refractivity contribution is 5.95. The molecule has 0 saturated heterocycles. The first kappa shape index (κ1) is 15.2. The van der Waals surface area contributed by atoms with Gasteiger partial charge in [0.2, 0.25) is 0 Å². The highest BCUT2D eigenvalue weighted by atomic mass is 16.5. The molecule has 7 heteroatoms. The lowest BCUT2D eigenvalue weighted by atomic mass is 10.2. The molecule has 1 N–H and O–H groups in total. The van der Waals surface area contributed by atoms with Crippen LogP contribution in [0.25, 0.3) is 0 Å². The van der Waals surface area contributed by atoms with Crippen LogP contribution in [0.15, 0.2) is 16.8 Å². The Balaban J connectivity index is 2.07. The van der Waals surface area contributed by atoms with Crippen molar-refractivity contribution < 1.29 is 13.9 Å². The quantitative estimate of drug-likeness (QED) is 0.875. The number of amides is 1. The molecular formula is C14H20N4O3. The minimum Gasteiger partial charge on any atom is -0.466 e. The number of carbonyl (C=O) groups is 1. The van der Waals surface area contributed by atoms with E-state index in [-0.39, 0.29) is 11.9 Å². The highest BCUT2D eigenvalue weighted by Crippen LogP contribution is 2.16. The lowest BCUT2D eigenvalue weighted by molar-refractivity contribution is 0.0935. The molecule has 0 aliphatic carbocycles. The monoisotopic (exact) mass is 292 g/mol. The summed E-state index contributed by atoms with van der Waals surface area (Å²) in [4.78, 5) is 12.3. The van der Waals surface area contributed by atoms with Gasteiger partial charge in [-0.05, 0) is 26.8 Å². The standard InChI is InChI=1S/C14H20N4O3/c1-9-7-12(11(3)21-9)14(19)16-10(2)13-17-15-8-18(13)5-6-20-4/h7-8,10H,5-6H2,1-4H3,(H,16,19)/t10-/m0/s1. The van der Waals surface area contributed by atoms with Crippen LogP contribution < -0.4 is 5.32 Å². The van der Waals surface area contributed by atoms with Crippen molar-refractivity contribution in [2.45, 2.75) is 33.4 Å². The molecule has 0 radical (unpaired) electrons. The zero-order valence-electron chi connectivity index (χ0n) is 12.7. The van der Waals surface area contributed by atoms with Gasteiger partial charge in [0.1, 0.15) is 17.8 Å². The van der Waals surface area contributed by atoms with Crippen molar-refractivity contribution in [3.8, 4) is 0 Å². The predicted octanol–water partition coefficient (Wildman–Crippen LogP) is 1.63. The average Bonchev–Trinajstić information content (AvgIpc) is 3.02. The van der Waals surface area contributed by atoms with Crippen molar-refractivity contribution in [2.24, 2.45) is 0 Å². The number of nitrogens with one attached hydrogen (secondary N) is 1. The first-order valence-corrected chi connectivity index (χ1v) is 6.77. The van der Waals surface area contributed by atoms with Gasteiger partial charge >= 0.3 is 0 Å². The molecule has 0 aromatic carbocycles. The minimum atomic E-state index is -0.258. The number of aryl methyl sites for hydroxylation is 2. The molecule has 2 aromatic rings. The van der Waals surface area contributed by atoms with Gasteiger partial charge in [-0.15, -0.1) is 10.2 Å². The van der Waals surface area contributed by atoms with Crippen LogP contribution in [0, 0.1) is 13.8 Å².